The van der Waals surface area contributed by atoms with Crippen LogP contribution in [0.25, 0.3) is 11.1 Å². The van der Waals surface area contributed by atoms with E-state index < -0.39 is 18.2 Å². The van der Waals surface area contributed by atoms with Gasteiger partial charge in [0.05, 0.1) is 0 Å². The number of rotatable bonds is 3. The fourth-order valence-corrected chi connectivity index (χ4v) is 2.35. The van der Waals surface area contributed by atoms with E-state index in [1.807, 2.05) is 0 Å². The average Bonchev–Trinajstić information content (AvgIpc) is 3.03. The minimum Gasteiger partial charge on any atom is -0.479 e. The molecule has 2 heterocycles. The van der Waals surface area contributed by atoms with Gasteiger partial charge >= 0.3 is 5.97 Å². The van der Waals surface area contributed by atoms with E-state index in [0.717, 1.165) is 0 Å². The number of carboxylic acid groups (broad SMARTS) is 1. The van der Waals surface area contributed by atoms with Gasteiger partial charge in [-0.05, 0) is 25.0 Å². The molecule has 1 aromatic heterocycles. The van der Waals surface area contributed by atoms with Crippen molar-refractivity contribution in [1.29, 1.82) is 0 Å². The Hall–Kier alpha value is -2.41. The summed E-state index contributed by atoms with van der Waals surface area (Å²) in [4.78, 5) is 27.0. The summed E-state index contributed by atoms with van der Waals surface area (Å²) in [6.07, 6.45) is -0.904. The molecular formula is C14H14N2O5. The topological polar surface area (TPSA) is 102 Å². The smallest absolute Gasteiger partial charge is 0.332 e. The average molecular weight is 290 g/mol. The molecule has 0 radical (unpaired) electrons. The van der Waals surface area contributed by atoms with Crippen molar-refractivity contribution >= 4 is 28.7 Å². The molecule has 21 heavy (non-hydrogen) atoms. The molecule has 110 valence electrons. The quantitative estimate of drug-likeness (QED) is 0.892. The summed E-state index contributed by atoms with van der Waals surface area (Å²) in [6.45, 7) is 1.75. The molecule has 1 saturated heterocycles. The fraction of sp³-hybridized carbons (Fsp3) is 0.357. The zero-order chi connectivity index (χ0) is 15.0. The van der Waals surface area contributed by atoms with E-state index in [4.69, 9.17) is 14.3 Å². The molecule has 1 aliphatic rings. The summed E-state index contributed by atoms with van der Waals surface area (Å²) < 4.78 is 10.6. The number of oxazole rings is 1. The van der Waals surface area contributed by atoms with Crippen LogP contribution >= 0.6 is 0 Å². The third kappa shape index (κ3) is 2.73. The van der Waals surface area contributed by atoms with Crippen LogP contribution in [0.4, 0.5) is 5.69 Å². The Morgan fingerprint density at radius 1 is 1.33 bits per heavy atom. The summed E-state index contributed by atoms with van der Waals surface area (Å²) in [7, 11) is 0. The number of anilines is 1. The number of aliphatic carboxylic acids is 1. The third-order valence-corrected chi connectivity index (χ3v) is 3.35. The lowest BCUT2D eigenvalue weighted by Crippen LogP contribution is -2.29. The highest BCUT2D eigenvalue weighted by atomic mass is 16.5. The number of fused-ring (bicyclic) bond motifs is 1. The van der Waals surface area contributed by atoms with Crippen molar-refractivity contribution in [2.24, 2.45) is 0 Å². The van der Waals surface area contributed by atoms with Gasteiger partial charge in [-0.1, -0.05) is 0 Å². The van der Waals surface area contributed by atoms with Gasteiger partial charge in [-0.25, -0.2) is 9.78 Å². The van der Waals surface area contributed by atoms with E-state index in [1.54, 1.807) is 25.1 Å². The maximum Gasteiger partial charge on any atom is 0.332 e. The number of amides is 1. The molecule has 0 unspecified atom stereocenters. The van der Waals surface area contributed by atoms with Crippen LogP contribution in [-0.4, -0.2) is 34.2 Å². The van der Waals surface area contributed by atoms with Crippen molar-refractivity contribution < 1.29 is 23.8 Å². The molecule has 1 aromatic carbocycles. The lowest BCUT2D eigenvalue weighted by atomic mass is 10.2. The molecule has 3 rings (SSSR count). The zero-order valence-corrected chi connectivity index (χ0v) is 11.3. The molecule has 1 fully saturated rings. The van der Waals surface area contributed by atoms with Crippen LogP contribution in [0.15, 0.2) is 22.6 Å². The van der Waals surface area contributed by atoms with Crippen molar-refractivity contribution in [2.75, 3.05) is 5.32 Å². The zero-order valence-electron chi connectivity index (χ0n) is 11.3. The Morgan fingerprint density at radius 3 is 2.81 bits per heavy atom. The van der Waals surface area contributed by atoms with Crippen LogP contribution in [0.1, 0.15) is 18.7 Å². The molecule has 0 spiro atoms. The Labute approximate surface area is 119 Å². The normalized spacial score (nSPS) is 21.6. The highest BCUT2D eigenvalue weighted by molar-refractivity contribution is 5.96. The lowest BCUT2D eigenvalue weighted by Gasteiger charge is -2.11. The standard InChI is InChI=1S/C14H14N2O5/c1-7-15-9-3-2-8(6-12(9)20-7)16-13(17)10-4-5-11(21-10)14(18)19/h2-3,6,10-11H,4-5H2,1H3,(H,16,17)(H,18,19)/t10-,11+/m0/s1. The molecule has 1 amide bonds. The van der Waals surface area contributed by atoms with Crippen LogP contribution in [0.5, 0.6) is 0 Å². The number of nitrogens with one attached hydrogen (secondary N) is 1. The molecule has 7 nitrogen and oxygen atoms in total. The van der Waals surface area contributed by atoms with Crippen molar-refractivity contribution in [3.63, 3.8) is 0 Å². The molecule has 0 saturated carbocycles. The van der Waals surface area contributed by atoms with Crippen molar-refractivity contribution in [2.45, 2.75) is 32.0 Å². The molecule has 0 bridgehead atoms. The SMILES string of the molecule is Cc1nc2ccc(NC(=O)[C@@H]3CC[C@H](C(=O)O)O3)cc2o1. The number of carboxylic acids is 1. The van der Waals surface area contributed by atoms with E-state index >= 15 is 0 Å². The lowest BCUT2D eigenvalue weighted by molar-refractivity contribution is -0.150. The first kappa shape index (κ1) is 13.6. The maximum atomic E-state index is 12.0. The van der Waals surface area contributed by atoms with Gasteiger partial charge in [-0.15, -0.1) is 0 Å². The maximum absolute atomic E-state index is 12.0. The summed E-state index contributed by atoms with van der Waals surface area (Å²) in [5.41, 5.74) is 1.86. The second-order valence-corrected chi connectivity index (χ2v) is 4.93. The number of hydrogen-bond donors (Lipinski definition) is 2. The van der Waals surface area contributed by atoms with Crippen LogP contribution in [0.2, 0.25) is 0 Å². The Balaban J connectivity index is 1.70. The van der Waals surface area contributed by atoms with Gasteiger partial charge in [0.1, 0.15) is 11.6 Å². The number of aromatic nitrogens is 1. The number of nitrogens with zero attached hydrogens (tertiary/aromatic N) is 1. The van der Waals surface area contributed by atoms with Gasteiger partial charge < -0.3 is 19.6 Å². The van der Waals surface area contributed by atoms with Gasteiger partial charge in [0.2, 0.25) is 0 Å². The largest absolute Gasteiger partial charge is 0.479 e. The minimum atomic E-state index is -1.04. The third-order valence-electron chi connectivity index (χ3n) is 3.35. The van der Waals surface area contributed by atoms with Crippen LogP contribution < -0.4 is 5.32 Å². The second kappa shape index (κ2) is 5.17. The first-order chi connectivity index (χ1) is 10.0. The number of benzene rings is 1. The first-order valence-corrected chi connectivity index (χ1v) is 6.59. The van der Waals surface area contributed by atoms with E-state index in [0.29, 0.717) is 35.5 Å². The summed E-state index contributed by atoms with van der Waals surface area (Å²) >= 11 is 0. The predicted octanol–water partition coefficient (Wildman–Crippen LogP) is 1.71. The summed E-state index contributed by atoms with van der Waals surface area (Å²) in [5.74, 6) is -0.838. The predicted molar refractivity (Wildman–Crippen MR) is 72.9 cm³/mol. The number of carbonyl (C=O) groups excluding carboxylic acids is 1. The number of hydrogen-bond acceptors (Lipinski definition) is 5. The van der Waals surface area contributed by atoms with Gasteiger partial charge in [-0.2, -0.15) is 0 Å². The van der Waals surface area contributed by atoms with Crippen LogP contribution in [0.3, 0.4) is 0 Å². The summed E-state index contributed by atoms with van der Waals surface area (Å²) in [6, 6.07) is 5.14. The molecule has 7 heteroatoms. The van der Waals surface area contributed by atoms with E-state index in [2.05, 4.69) is 10.3 Å². The van der Waals surface area contributed by atoms with E-state index in [1.165, 1.54) is 0 Å². The van der Waals surface area contributed by atoms with Crippen molar-refractivity contribution in [3.8, 4) is 0 Å². The highest BCUT2D eigenvalue weighted by Crippen LogP contribution is 2.23. The minimum absolute atomic E-state index is 0.341. The Bertz CT molecular complexity index is 708. The van der Waals surface area contributed by atoms with Crippen LogP contribution in [-0.2, 0) is 14.3 Å². The Morgan fingerprint density at radius 2 is 2.10 bits per heavy atom. The number of aryl methyl sites for hydroxylation is 1. The Kier molecular flexibility index (Phi) is 3.34. The van der Waals surface area contributed by atoms with Gasteiger partial charge in [-0.3, -0.25) is 4.79 Å². The molecule has 1 aliphatic heterocycles. The molecule has 2 atom stereocenters. The van der Waals surface area contributed by atoms with E-state index in [-0.39, 0.29) is 5.91 Å². The number of ether oxygens (including phenoxy) is 1. The first-order valence-electron chi connectivity index (χ1n) is 6.59. The molecule has 2 N–H and O–H groups in total. The highest BCUT2D eigenvalue weighted by Gasteiger charge is 2.34. The monoisotopic (exact) mass is 290 g/mol. The van der Waals surface area contributed by atoms with Crippen molar-refractivity contribution in [1.82, 2.24) is 4.98 Å². The van der Waals surface area contributed by atoms with Gasteiger partial charge in [0.25, 0.3) is 5.91 Å². The summed E-state index contributed by atoms with van der Waals surface area (Å²) in [5, 5.41) is 11.5. The van der Waals surface area contributed by atoms with Crippen LogP contribution in [0, 0.1) is 6.92 Å². The van der Waals surface area contributed by atoms with Crippen molar-refractivity contribution in [3.05, 3.63) is 24.1 Å². The second-order valence-electron chi connectivity index (χ2n) is 4.93. The van der Waals surface area contributed by atoms with Gasteiger partial charge in [0.15, 0.2) is 17.6 Å². The number of carbonyl (C=O) groups is 2. The fourth-order valence-electron chi connectivity index (χ4n) is 2.35. The van der Waals surface area contributed by atoms with E-state index in [9.17, 15) is 9.59 Å². The molecule has 0 aliphatic carbocycles. The molecule has 2 aromatic rings. The van der Waals surface area contributed by atoms with Gasteiger partial charge in [0, 0.05) is 18.7 Å². The molecular weight excluding hydrogens is 276 g/mol.